The summed E-state index contributed by atoms with van der Waals surface area (Å²) in [4.78, 5) is 27.6. The molecule has 342 valence electrons. The van der Waals surface area contributed by atoms with Crippen molar-refractivity contribution in [2.45, 2.75) is 50.6 Å². The average molecular weight is 885 g/mol. The first-order valence-corrected chi connectivity index (χ1v) is 22.2. The molecule has 9 rings (SSSR count). The number of rotatable bonds is 17. The molecule has 2 fully saturated rings. The standard InChI is InChI=1S/C24H29N7O2.C23H31N7O2/c1-29-9-7-20(8-10-29)31-16-18(14-27-31)13-23-25-15-22-24(28-23)30(17-26-22)19-3-5-21(6-4-19)33-12-11-32-2;1-29-9-7-19(8-10-29)30-16-17(14-26-30)13-22-25-15-21(24)23(28-22)27-18-3-5-20(6-4-18)32-12-11-31-2/h3-6,14-17,20H,7-13H2,1-2H3;3-6,14-16,19H,7-13,24H2,1-2H3,(H,25,27,28). The molecule has 0 radical (unpaired) electrons. The minimum Gasteiger partial charge on any atom is -0.491 e. The Labute approximate surface area is 379 Å². The lowest BCUT2D eigenvalue weighted by Gasteiger charge is -2.28. The van der Waals surface area contributed by atoms with E-state index in [9.17, 15) is 0 Å². The molecular weight excluding hydrogens is 825 g/mol. The van der Waals surface area contributed by atoms with Crippen LogP contribution < -0.4 is 20.5 Å². The van der Waals surface area contributed by atoms with Crippen molar-refractivity contribution in [3.63, 3.8) is 0 Å². The zero-order valence-electron chi connectivity index (χ0n) is 37.8. The van der Waals surface area contributed by atoms with E-state index in [1.807, 2.05) is 65.5 Å². The van der Waals surface area contributed by atoms with E-state index in [0.717, 1.165) is 103 Å². The van der Waals surface area contributed by atoms with Crippen molar-refractivity contribution in [1.82, 2.24) is 58.8 Å². The Morgan fingerprint density at radius 2 is 1.15 bits per heavy atom. The van der Waals surface area contributed by atoms with Gasteiger partial charge in [-0.05, 0) is 126 Å². The maximum atomic E-state index is 6.11. The van der Waals surface area contributed by atoms with Gasteiger partial charge in [0.1, 0.15) is 48.2 Å². The van der Waals surface area contributed by atoms with Crippen LogP contribution in [-0.2, 0) is 22.3 Å². The number of piperidine rings is 2. The summed E-state index contributed by atoms with van der Waals surface area (Å²) in [5, 5.41) is 12.5. The lowest BCUT2D eigenvalue weighted by molar-refractivity contribution is 0.146. The summed E-state index contributed by atoms with van der Waals surface area (Å²) in [7, 11) is 7.65. The lowest BCUT2D eigenvalue weighted by Crippen LogP contribution is -2.31. The number of fused-ring (bicyclic) bond motifs is 1. The van der Waals surface area contributed by atoms with Crippen LogP contribution in [0.25, 0.3) is 16.9 Å². The third-order valence-electron chi connectivity index (χ3n) is 11.7. The first kappa shape index (κ1) is 45.1. The van der Waals surface area contributed by atoms with Crippen LogP contribution in [0.3, 0.4) is 0 Å². The van der Waals surface area contributed by atoms with E-state index in [4.69, 9.17) is 29.7 Å². The van der Waals surface area contributed by atoms with Crippen molar-refractivity contribution in [2.75, 3.05) is 92.0 Å². The molecule has 65 heavy (non-hydrogen) atoms. The lowest BCUT2D eigenvalue weighted by atomic mass is 10.1. The van der Waals surface area contributed by atoms with Crippen molar-refractivity contribution in [1.29, 1.82) is 0 Å². The highest BCUT2D eigenvalue weighted by Crippen LogP contribution is 2.26. The average Bonchev–Trinajstić information content (AvgIpc) is 4.10. The van der Waals surface area contributed by atoms with Crippen LogP contribution in [0.4, 0.5) is 17.2 Å². The van der Waals surface area contributed by atoms with Crippen LogP contribution in [-0.4, -0.2) is 140 Å². The van der Waals surface area contributed by atoms with Crippen molar-refractivity contribution in [3.05, 3.63) is 115 Å². The number of nitrogens with zero attached hydrogens (tertiary/aromatic N) is 12. The normalized spacial score (nSPS) is 15.2. The SMILES string of the molecule is COCCOc1ccc(-n2cnc3cnc(Cc4cnn(C5CCN(C)CC5)c4)nc32)cc1.COCCOc1ccc(Nc2nc(Cc3cnn(C4CCN(C)CC4)c3)ncc2N)cc1. The smallest absolute Gasteiger partial charge is 0.168 e. The number of nitrogens with two attached hydrogens (primary N) is 1. The Hall–Kier alpha value is -6.47. The predicted octanol–water partition coefficient (Wildman–Crippen LogP) is 5.78. The van der Waals surface area contributed by atoms with Crippen molar-refractivity contribution in [2.24, 2.45) is 0 Å². The predicted molar refractivity (Wildman–Crippen MR) is 249 cm³/mol. The third kappa shape index (κ3) is 12.2. The van der Waals surface area contributed by atoms with E-state index < -0.39 is 0 Å². The summed E-state index contributed by atoms with van der Waals surface area (Å²) in [5.41, 5.74) is 12.2. The number of benzene rings is 2. The van der Waals surface area contributed by atoms with Crippen molar-refractivity contribution >= 4 is 28.4 Å². The van der Waals surface area contributed by atoms with Gasteiger partial charge in [-0.15, -0.1) is 0 Å². The maximum Gasteiger partial charge on any atom is 0.168 e. The van der Waals surface area contributed by atoms with Gasteiger partial charge in [0.25, 0.3) is 0 Å². The molecule has 7 aromatic rings. The zero-order chi connectivity index (χ0) is 45.0. The van der Waals surface area contributed by atoms with Crippen molar-refractivity contribution < 1.29 is 18.9 Å². The van der Waals surface area contributed by atoms with Gasteiger partial charge in [-0.3, -0.25) is 13.9 Å². The Morgan fingerprint density at radius 3 is 1.71 bits per heavy atom. The number of anilines is 3. The fourth-order valence-corrected chi connectivity index (χ4v) is 7.91. The van der Waals surface area contributed by atoms with E-state index in [1.54, 1.807) is 32.9 Å². The second-order valence-electron chi connectivity index (χ2n) is 16.6. The summed E-state index contributed by atoms with van der Waals surface area (Å²) in [6.45, 7) is 6.59. The topological polar surface area (TPSA) is 186 Å². The molecule has 0 spiro atoms. The van der Waals surface area contributed by atoms with E-state index >= 15 is 0 Å². The van der Waals surface area contributed by atoms with Crippen LogP contribution in [0, 0.1) is 0 Å². The van der Waals surface area contributed by atoms with Gasteiger partial charge in [0.05, 0.1) is 55.8 Å². The molecule has 2 aromatic carbocycles. The quantitative estimate of drug-likeness (QED) is 0.105. The van der Waals surface area contributed by atoms with Crippen LogP contribution >= 0.6 is 0 Å². The zero-order valence-corrected chi connectivity index (χ0v) is 37.8. The first-order chi connectivity index (χ1) is 31.8. The number of likely N-dealkylation sites (tertiary alicyclic amines) is 2. The molecule has 0 atom stereocenters. The minimum absolute atomic E-state index is 0.464. The number of nitrogens with one attached hydrogen (secondary N) is 1. The third-order valence-corrected chi connectivity index (χ3v) is 11.7. The van der Waals surface area contributed by atoms with Gasteiger partial charge < -0.3 is 39.8 Å². The van der Waals surface area contributed by atoms with Gasteiger partial charge in [-0.25, -0.2) is 24.9 Å². The van der Waals surface area contributed by atoms with Gasteiger partial charge in [-0.2, -0.15) is 10.2 Å². The van der Waals surface area contributed by atoms with Gasteiger partial charge in [0, 0.05) is 50.8 Å². The number of ether oxygens (including phenoxy) is 4. The molecule has 3 N–H and O–H groups in total. The number of hydrogen-bond acceptors (Lipinski definition) is 15. The fraction of sp³-hybridized carbons (Fsp3) is 0.426. The summed E-state index contributed by atoms with van der Waals surface area (Å²) >= 11 is 0. The van der Waals surface area contributed by atoms with Crippen LogP contribution in [0.1, 0.15) is 60.5 Å². The number of aromatic nitrogens is 10. The van der Waals surface area contributed by atoms with E-state index in [2.05, 4.69) is 81.1 Å². The number of methoxy groups -OCH3 is 2. The molecule has 0 amide bonds. The Kier molecular flexibility index (Phi) is 15.2. The molecule has 0 saturated carbocycles. The van der Waals surface area contributed by atoms with E-state index in [-0.39, 0.29) is 0 Å². The summed E-state index contributed by atoms with van der Waals surface area (Å²) in [6, 6.07) is 16.5. The molecule has 0 bridgehead atoms. The minimum atomic E-state index is 0.464. The molecule has 2 aliphatic rings. The summed E-state index contributed by atoms with van der Waals surface area (Å²) in [6.07, 6.45) is 19.1. The molecule has 0 aliphatic carbocycles. The molecular formula is C47H60N14O4. The van der Waals surface area contributed by atoms with Crippen molar-refractivity contribution in [3.8, 4) is 17.2 Å². The summed E-state index contributed by atoms with van der Waals surface area (Å²) < 4.78 is 27.5. The van der Waals surface area contributed by atoms with Gasteiger partial charge in [0.2, 0.25) is 0 Å². The molecule has 18 heteroatoms. The van der Waals surface area contributed by atoms with Crippen LogP contribution in [0.15, 0.2) is 92.0 Å². The Bertz CT molecular complexity index is 2540. The molecule has 7 heterocycles. The second kappa shape index (κ2) is 21.9. The van der Waals surface area contributed by atoms with Gasteiger partial charge in [-0.1, -0.05) is 0 Å². The van der Waals surface area contributed by atoms with Gasteiger partial charge >= 0.3 is 0 Å². The number of hydrogen-bond donors (Lipinski definition) is 2. The molecule has 18 nitrogen and oxygen atoms in total. The highest BCUT2D eigenvalue weighted by Gasteiger charge is 2.21. The number of imidazole rings is 1. The van der Waals surface area contributed by atoms with E-state index in [0.29, 0.717) is 68.7 Å². The monoisotopic (exact) mass is 884 g/mol. The Balaban J connectivity index is 0.000000177. The molecule has 2 saturated heterocycles. The highest BCUT2D eigenvalue weighted by molar-refractivity contribution is 5.72. The first-order valence-electron chi connectivity index (χ1n) is 22.2. The van der Waals surface area contributed by atoms with Crippen LogP contribution in [0.2, 0.25) is 0 Å². The Morgan fingerprint density at radius 1 is 0.631 bits per heavy atom. The largest absolute Gasteiger partial charge is 0.491 e. The number of nitrogen functional groups attached to an aromatic ring is 1. The van der Waals surface area contributed by atoms with Gasteiger partial charge in [0.15, 0.2) is 11.5 Å². The van der Waals surface area contributed by atoms with Crippen LogP contribution in [0.5, 0.6) is 11.5 Å². The fourth-order valence-electron chi connectivity index (χ4n) is 7.91. The summed E-state index contributed by atoms with van der Waals surface area (Å²) in [5.74, 6) is 3.63. The molecule has 5 aromatic heterocycles. The maximum absolute atomic E-state index is 6.11. The highest BCUT2D eigenvalue weighted by atomic mass is 16.5. The molecule has 0 unspecified atom stereocenters. The van der Waals surface area contributed by atoms with E-state index in [1.165, 1.54) is 0 Å². The molecule has 2 aliphatic heterocycles. The second-order valence-corrected chi connectivity index (χ2v) is 16.6.